The molecule has 6 aromatic rings. The maximum Gasteiger partial charge on any atom is 3.00 e. The van der Waals surface area contributed by atoms with Crippen LogP contribution in [-0.4, -0.2) is 4.98 Å². The fraction of sp³-hybridized carbons (Fsp3) is 0.191. The van der Waals surface area contributed by atoms with Gasteiger partial charge in [-0.15, -0.1) is 42.1 Å². The number of benzene rings is 5. The van der Waals surface area contributed by atoms with Crippen molar-refractivity contribution < 1.29 is 26.2 Å². The van der Waals surface area contributed by atoms with Gasteiger partial charge in [-0.25, -0.2) is 0 Å². The van der Waals surface area contributed by atoms with Gasteiger partial charge in [0, 0.05) is 11.4 Å². The molecule has 0 fully saturated rings. The molecule has 6 rings (SSSR count). The van der Waals surface area contributed by atoms with Gasteiger partial charge >= 0.3 is 26.2 Å². The third-order valence-corrected chi connectivity index (χ3v) is 7.68. The van der Waals surface area contributed by atoms with Gasteiger partial charge in [0.25, 0.3) is 0 Å². The number of hydrogen-bond donors (Lipinski definition) is 0. The van der Waals surface area contributed by atoms with Gasteiger partial charge in [-0.05, 0) is 42.9 Å². The zero-order valence-corrected chi connectivity index (χ0v) is 32.9. The minimum Gasteiger partial charge on any atom is -0.676 e. The van der Waals surface area contributed by atoms with Crippen LogP contribution in [0.25, 0.3) is 5.32 Å². The molecule has 2 nitrogen and oxygen atoms in total. The molecule has 0 aliphatic carbocycles. The minimum absolute atomic E-state index is 0. The molecule has 1 heterocycles. The molecular formula is C47H52N2Zr-. The second kappa shape index (κ2) is 23.0. The standard InChI is InChI=1S/C26H31N2.3C7H7.Zr/c1-18(2)22-14-10-15-23(19(3)4)26(22)28-25(17-21-12-7-6-8-13-21)24-16-9-11-20(5)27-24;3*1-7-5-3-2-4-6-7;/h6-16,18-19,25H,17H2,1-5H3;3*2-6H,1H2;/q4*-1;+3. The number of para-hydroxylation sites is 1. The molecule has 50 heavy (non-hydrogen) atoms. The van der Waals surface area contributed by atoms with E-state index in [4.69, 9.17) is 10.3 Å². The first kappa shape index (κ1) is 41.7. The second-order valence-electron chi connectivity index (χ2n) is 12.6. The number of rotatable bonds is 7. The third-order valence-electron chi connectivity index (χ3n) is 7.68. The summed E-state index contributed by atoms with van der Waals surface area (Å²) >= 11 is 0. The normalized spacial score (nSPS) is 10.5. The number of aryl methyl sites for hydroxylation is 1. The Labute approximate surface area is 322 Å². The smallest absolute Gasteiger partial charge is 0.676 e. The maximum atomic E-state index is 5.35. The monoisotopic (exact) mass is 734 g/mol. The van der Waals surface area contributed by atoms with Crippen molar-refractivity contribution in [2.75, 3.05) is 0 Å². The summed E-state index contributed by atoms with van der Waals surface area (Å²) in [5.74, 6) is 0.862. The number of pyridine rings is 1. The van der Waals surface area contributed by atoms with Crippen LogP contribution in [-0.2, 0) is 32.6 Å². The van der Waals surface area contributed by atoms with Crippen molar-refractivity contribution in [1.82, 2.24) is 4.98 Å². The van der Waals surface area contributed by atoms with Gasteiger partial charge in [0.1, 0.15) is 0 Å². The Hall–Kier alpha value is -4.46. The third kappa shape index (κ3) is 15.4. The Morgan fingerprint density at radius 2 is 0.880 bits per heavy atom. The number of aromatic nitrogens is 1. The van der Waals surface area contributed by atoms with E-state index in [1.54, 1.807) is 0 Å². The van der Waals surface area contributed by atoms with Crippen molar-refractivity contribution in [3.05, 3.63) is 229 Å². The van der Waals surface area contributed by atoms with Crippen LogP contribution < -0.4 is 0 Å². The molecule has 5 aromatic carbocycles. The fourth-order valence-electron chi connectivity index (χ4n) is 5.05. The van der Waals surface area contributed by atoms with E-state index in [1.165, 1.54) is 16.7 Å². The topological polar surface area (TPSA) is 27.0 Å². The summed E-state index contributed by atoms with van der Waals surface area (Å²) in [5, 5.41) is 5.35. The number of hydrogen-bond acceptors (Lipinski definition) is 1. The maximum absolute atomic E-state index is 5.35. The van der Waals surface area contributed by atoms with Crippen LogP contribution in [0, 0.1) is 27.7 Å². The first-order valence-electron chi connectivity index (χ1n) is 17.1. The van der Waals surface area contributed by atoms with Gasteiger partial charge in [0.15, 0.2) is 0 Å². The van der Waals surface area contributed by atoms with Crippen molar-refractivity contribution in [3.63, 3.8) is 0 Å². The van der Waals surface area contributed by atoms with Crippen molar-refractivity contribution in [3.8, 4) is 0 Å². The molecule has 1 radical (unpaired) electrons. The molecule has 3 heteroatoms. The summed E-state index contributed by atoms with van der Waals surface area (Å²) in [5.41, 5.74) is 10.4. The average molecular weight is 736 g/mol. The summed E-state index contributed by atoms with van der Waals surface area (Å²) in [6.07, 6.45) is 0.848. The first-order chi connectivity index (χ1) is 23.6. The molecule has 1 unspecified atom stereocenters. The van der Waals surface area contributed by atoms with Gasteiger partial charge in [0.2, 0.25) is 0 Å². The Morgan fingerprint density at radius 1 is 0.500 bits per heavy atom. The van der Waals surface area contributed by atoms with E-state index in [-0.39, 0.29) is 32.2 Å². The first-order valence-corrected chi connectivity index (χ1v) is 17.1. The van der Waals surface area contributed by atoms with Crippen LogP contribution in [0.15, 0.2) is 158 Å². The molecular weight excluding hydrogens is 684 g/mol. The molecule has 0 saturated heterocycles. The molecule has 0 bridgehead atoms. The van der Waals surface area contributed by atoms with Crippen molar-refractivity contribution in [1.29, 1.82) is 0 Å². The van der Waals surface area contributed by atoms with E-state index in [0.29, 0.717) is 11.8 Å². The summed E-state index contributed by atoms with van der Waals surface area (Å²) in [6.45, 7) is 22.2. The van der Waals surface area contributed by atoms with Crippen LogP contribution in [0.3, 0.4) is 0 Å². The molecule has 1 atom stereocenters. The molecule has 0 aliphatic rings. The second-order valence-corrected chi connectivity index (χ2v) is 12.6. The summed E-state index contributed by atoms with van der Waals surface area (Å²) in [7, 11) is 0. The van der Waals surface area contributed by atoms with Gasteiger partial charge < -0.3 is 5.32 Å². The largest absolute Gasteiger partial charge is 3.00 e. The van der Waals surface area contributed by atoms with Crippen LogP contribution in [0.2, 0.25) is 0 Å². The SMILES string of the molecule is Cc1cccc(C(Cc2ccccc2)[N-]c2c(C(C)C)cccc2C(C)C)n1.[CH2-]c1ccccc1.[CH2-]c1ccccc1.[CH2-]c1ccccc1.[Zr+3]. The van der Waals surface area contributed by atoms with E-state index in [9.17, 15) is 0 Å². The molecule has 0 spiro atoms. The Bertz CT molecular complexity index is 1620. The van der Waals surface area contributed by atoms with Crippen LogP contribution in [0.5, 0.6) is 0 Å². The van der Waals surface area contributed by atoms with E-state index >= 15 is 0 Å². The summed E-state index contributed by atoms with van der Waals surface area (Å²) in [4.78, 5) is 4.82. The van der Waals surface area contributed by atoms with E-state index in [1.807, 2.05) is 104 Å². The van der Waals surface area contributed by atoms with Crippen molar-refractivity contribution in [2.45, 2.75) is 58.9 Å². The molecule has 0 saturated carbocycles. The summed E-state index contributed by atoms with van der Waals surface area (Å²) in [6, 6.07) is 53.1. The summed E-state index contributed by atoms with van der Waals surface area (Å²) < 4.78 is 0. The van der Waals surface area contributed by atoms with Gasteiger partial charge in [-0.1, -0.05) is 118 Å². The van der Waals surface area contributed by atoms with Gasteiger partial charge in [-0.2, -0.15) is 73.9 Å². The molecule has 0 N–H and O–H groups in total. The van der Waals surface area contributed by atoms with Crippen LogP contribution in [0.1, 0.15) is 90.3 Å². The van der Waals surface area contributed by atoms with Gasteiger partial charge in [-0.3, -0.25) is 4.98 Å². The number of nitrogens with zero attached hydrogens (tertiary/aromatic N) is 2. The molecule has 255 valence electrons. The minimum atomic E-state index is -0.000278. The predicted molar refractivity (Wildman–Crippen MR) is 212 cm³/mol. The Balaban J connectivity index is 0.000000315. The van der Waals surface area contributed by atoms with Crippen LogP contribution in [0.4, 0.5) is 5.69 Å². The molecule has 1 aromatic heterocycles. The quantitative estimate of drug-likeness (QED) is 0.150. The predicted octanol–water partition coefficient (Wildman–Crippen LogP) is 13.2. The molecule has 0 aliphatic heterocycles. The van der Waals surface area contributed by atoms with Gasteiger partial charge in [0.05, 0.1) is 0 Å². The van der Waals surface area contributed by atoms with Crippen molar-refractivity contribution >= 4 is 5.69 Å². The Kier molecular flexibility index (Phi) is 19.2. The zero-order chi connectivity index (χ0) is 35.4. The van der Waals surface area contributed by atoms with E-state index < -0.39 is 0 Å². The molecule has 0 amide bonds. The fourth-order valence-corrected chi connectivity index (χ4v) is 5.05. The zero-order valence-electron chi connectivity index (χ0n) is 30.5. The average Bonchev–Trinajstić information content (AvgIpc) is 3.10. The van der Waals surface area contributed by atoms with E-state index in [0.717, 1.165) is 40.2 Å². The Morgan fingerprint density at radius 3 is 1.22 bits per heavy atom. The van der Waals surface area contributed by atoms with E-state index in [2.05, 4.69) is 109 Å². The van der Waals surface area contributed by atoms with Crippen molar-refractivity contribution in [2.24, 2.45) is 0 Å². The van der Waals surface area contributed by atoms with Crippen LogP contribution >= 0.6 is 0 Å².